The van der Waals surface area contributed by atoms with E-state index in [-0.39, 0.29) is 38.1 Å². The maximum Gasteiger partial charge on any atom is 0.407 e. The Labute approximate surface area is 298 Å². The summed E-state index contributed by atoms with van der Waals surface area (Å²) in [5.41, 5.74) is 30.0. The number of ketones is 1. The first-order valence-electron chi connectivity index (χ1n) is 17.8. The number of carbonyl (C=O) groups is 2. The molecule has 0 radical (unpaired) electrons. The van der Waals surface area contributed by atoms with Crippen LogP contribution in [-0.4, -0.2) is 156 Å². The van der Waals surface area contributed by atoms with Crippen molar-refractivity contribution in [1.82, 2.24) is 5.32 Å². The fraction of sp³-hybridized carbons (Fsp3) is 0.938. The van der Waals surface area contributed by atoms with E-state index in [1.54, 1.807) is 20.8 Å². The van der Waals surface area contributed by atoms with Crippen molar-refractivity contribution < 1.29 is 63.2 Å². The molecule has 19 heteroatoms. The molecule has 3 aliphatic heterocycles. The van der Waals surface area contributed by atoms with Gasteiger partial charge in [-0.3, -0.25) is 4.79 Å². The van der Waals surface area contributed by atoms with Crippen molar-refractivity contribution in [2.24, 2.45) is 34.6 Å². The molecule has 1 aliphatic carbocycles. The molecule has 3 saturated heterocycles. The van der Waals surface area contributed by atoms with Gasteiger partial charge < -0.3 is 87.6 Å². The summed E-state index contributed by atoms with van der Waals surface area (Å²) in [7, 11) is 0. The van der Waals surface area contributed by atoms with Crippen molar-refractivity contribution in [1.29, 1.82) is 0 Å². The van der Waals surface area contributed by atoms with E-state index < -0.39 is 116 Å². The highest BCUT2D eigenvalue weighted by Crippen LogP contribution is 2.37. The number of carbonyl (C=O) groups excluding carboxylic acids is 2. The second-order valence-corrected chi connectivity index (χ2v) is 14.9. The van der Waals surface area contributed by atoms with Gasteiger partial charge in [0.1, 0.15) is 42.2 Å². The van der Waals surface area contributed by atoms with Gasteiger partial charge in [0.15, 0.2) is 24.7 Å². The Morgan fingerprint density at radius 3 is 1.88 bits per heavy atom. The van der Waals surface area contributed by atoms with Gasteiger partial charge in [0.05, 0.1) is 43.5 Å². The van der Waals surface area contributed by atoms with Gasteiger partial charge >= 0.3 is 6.09 Å². The summed E-state index contributed by atoms with van der Waals surface area (Å²) in [6.07, 6.45) is -11.9. The van der Waals surface area contributed by atoms with Crippen LogP contribution in [0.4, 0.5) is 4.79 Å². The second kappa shape index (κ2) is 18.6. The lowest BCUT2D eigenvalue weighted by atomic mass is 9.76. The number of rotatable bonds is 14. The van der Waals surface area contributed by atoms with E-state index in [4.69, 9.17) is 61.8 Å². The SMILES string of the molecule is CC(C)(C)OC(=O)NC[C@H](O)C(=O)C[C@@H]1C[C@H](N)[C@@H](O[C@H]2O[C@H](CN)CC[C@H]2N)[C@H](O[C@@H]2O[C@H](CO)[C@@H](O[C@H]3O[C@@H](CN)CC[C@H]3N)[C@H]2O)[C@H]1O. The minimum atomic E-state index is -1.61. The topological polar surface area (TPSA) is 322 Å². The van der Waals surface area contributed by atoms with Crippen molar-refractivity contribution in [2.45, 2.75) is 157 Å². The number of aliphatic hydroxyl groups excluding tert-OH is 4. The number of hydrogen-bond donors (Lipinski definition) is 10. The van der Waals surface area contributed by atoms with Gasteiger partial charge in [-0.2, -0.15) is 0 Å². The predicted molar refractivity (Wildman–Crippen MR) is 178 cm³/mol. The lowest BCUT2D eigenvalue weighted by molar-refractivity contribution is -0.291. The molecule has 0 bridgehead atoms. The quantitative estimate of drug-likeness (QED) is 0.0822. The number of ether oxygens (including phenoxy) is 7. The number of Topliss-reactive ketones (excluding diaryl/α,β-unsaturated/α-hetero) is 1. The molecular weight excluding hydrogens is 676 g/mol. The monoisotopic (exact) mass is 736 g/mol. The number of amides is 1. The van der Waals surface area contributed by atoms with Crippen molar-refractivity contribution in [2.75, 3.05) is 26.2 Å². The van der Waals surface area contributed by atoms with Gasteiger partial charge in [0.2, 0.25) is 0 Å². The van der Waals surface area contributed by atoms with Crippen LogP contribution in [-0.2, 0) is 38.0 Å². The molecule has 296 valence electrons. The first-order valence-corrected chi connectivity index (χ1v) is 17.8. The molecule has 4 rings (SSSR count). The normalized spacial score (nSPS) is 41.2. The van der Waals surface area contributed by atoms with Crippen LogP contribution in [0.15, 0.2) is 0 Å². The molecule has 0 spiro atoms. The van der Waals surface area contributed by atoms with E-state index in [0.717, 1.165) is 0 Å². The van der Waals surface area contributed by atoms with Crippen molar-refractivity contribution in [3.05, 3.63) is 0 Å². The maximum absolute atomic E-state index is 13.1. The fourth-order valence-corrected chi connectivity index (χ4v) is 6.83. The number of nitrogens with one attached hydrogen (secondary N) is 1. The second-order valence-electron chi connectivity index (χ2n) is 14.9. The molecule has 51 heavy (non-hydrogen) atoms. The average molecular weight is 737 g/mol. The van der Waals surface area contributed by atoms with E-state index in [1.807, 2.05) is 0 Å². The molecule has 0 aromatic rings. The molecule has 1 amide bonds. The van der Waals surface area contributed by atoms with Crippen LogP contribution in [0.1, 0.15) is 59.3 Å². The van der Waals surface area contributed by atoms with Crippen LogP contribution in [0.5, 0.6) is 0 Å². The van der Waals surface area contributed by atoms with Crippen LogP contribution >= 0.6 is 0 Å². The third-order valence-corrected chi connectivity index (χ3v) is 9.68. The smallest absolute Gasteiger partial charge is 0.407 e. The zero-order valence-electron chi connectivity index (χ0n) is 29.7. The third kappa shape index (κ3) is 11.2. The first kappa shape index (κ1) is 42.1. The maximum atomic E-state index is 13.1. The van der Waals surface area contributed by atoms with Crippen molar-refractivity contribution in [3.8, 4) is 0 Å². The standard InChI is InChI=1S/C32H60N6O13/c1-32(2,3)51-31(44)38-12-21(41)20(40)9-14-8-19(37)25(48-28-17(35)6-4-15(10-33)45-28)27(23(14)42)50-30-24(43)26(22(13-39)47-30)49-29-18(36)7-5-16(11-34)46-29/h14-19,21-30,39,41-43H,4-13,33-37H2,1-3H3,(H,38,44)/t14-,15-,16+,17+,18+,19-,21-,22+,23-,24+,25+,26+,27+,28+,29+,30-/m0/s1. The van der Waals surface area contributed by atoms with E-state index >= 15 is 0 Å². The highest BCUT2D eigenvalue weighted by molar-refractivity contribution is 5.84. The van der Waals surface area contributed by atoms with Crippen molar-refractivity contribution >= 4 is 11.9 Å². The van der Waals surface area contributed by atoms with Gasteiger partial charge in [-0.15, -0.1) is 0 Å². The molecule has 0 aromatic heterocycles. The number of hydrogen-bond acceptors (Lipinski definition) is 18. The summed E-state index contributed by atoms with van der Waals surface area (Å²) in [4.78, 5) is 25.2. The summed E-state index contributed by atoms with van der Waals surface area (Å²) >= 11 is 0. The minimum Gasteiger partial charge on any atom is -0.444 e. The molecule has 4 aliphatic rings. The summed E-state index contributed by atoms with van der Waals surface area (Å²) in [5.74, 6) is -1.53. The van der Waals surface area contributed by atoms with E-state index in [1.165, 1.54) is 0 Å². The lowest BCUT2D eigenvalue weighted by Crippen LogP contribution is -2.63. The first-order chi connectivity index (χ1) is 24.0. The predicted octanol–water partition coefficient (Wildman–Crippen LogP) is -3.64. The van der Waals surface area contributed by atoms with Gasteiger partial charge in [0.25, 0.3) is 0 Å². The number of aliphatic hydroxyl groups is 4. The Balaban J connectivity index is 1.50. The van der Waals surface area contributed by atoms with E-state index in [0.29, 0.717) is 25.7 Å². The van der Waals surface area contributed by atoms with Crippen LogP contribution in [0, 0.1) is 5.92 Å². The number of alkyl carbamates (subject to hydrolysis) is 1. The fourth-order valence-electron chi connectivity index (χ4n) is 6.83. The average Bonchev–Trinajstić information content (AvgIpc) is 3.37. The summed E-state index contributed by atoms with van der Waals surface area (Å²) in [5, 5.41) is 46.2. The van der Waals surface area contributed by atoms with E-state index in [9.17, 15) is 30.0 Å². The zero-order chi connectivity index (χ0) is 37.6. The van der Waals surface area contributed by atoms with Gasteiger partial charge in [0, 0.05) is 25.6 Å². The van der Waals surface area contributed by atoms with Crippen LogP contribution < -0.4 is 34.0 Å². The molecule has 19 nitrogen and oxygen atoms in total. The third-order valence-electron chi connectivity index (χ3n) is 9.68. The molecule has 15 N–H and O–H groups in total. The Hall–Kier alpha value is -1.66. The van der Waals surface area contributed by atoms with Crippen molar-refractivity contribution in [3.63, 3.8) is 0 Å². The molecule has 3 heterocycles. The highest BCUT2D eigenvalue weighted by Gasteiger charge is 2.53. The van der Waals surface area contributed by atoms with Gasteiger partial charge in [-0.1, -0.05) is 0 Å². The Kier molecular flexibility index (Phi) is 15.3. The van der Waals surface area contributed by atoms with E-state index in [2.05, 4.69) is 5.32 Å². The molecule has 0 unspecified atom stereocenters. The summed E-state index contributed by atoms with van der Waals surface area (Å²) in [6, 6.07) is -1.93. The molecular formula is C32H60N6O13. The molecule has 16 atom stereocenters. The number of nitrogens with two attached hydrogens (primary N) is 5. The van der Waals surface area contributed by atoms with Crippen LogP contribution in [0.2, 0.25) is 0 Å². The molecule has 1 saturated carbocycles. The highest BCUT2D eigenvalue weighted by atomic mass is 16.8. The van der Waals surface area contributed by atoms with Gasteiger partial charge in [-0.05, 0) is 58.8 Å². The zero-order valence-corrected chi connectivity index (χ0v) is 29.7. The summed E-state index contributed by atoms with van der Waals surface area (Å²) in [6.45, 7) is 4.52. The largest absolute Gasteiger partial charge is 0.444 e. The Morgan fingerprint density at radius 2 is 1.35 bits per heavy atom. The van der Waals surface area contributed by atoms with Crippen LogP contribution in [0.25, 0.3) is 0 Å². The molecule has 0 aromatic carbocycles. The van der Waals surface area contributed by atoms with Crippen LogP contribution in [0.3, 0.4) is 0 Å². The minimum absolute atomic E-state index is 0.0597. The lowest BCUT2D eigenvalue weighted by Gasteiger charge is -2.46. The van der Waals surface area contributed by atoms with Gasteiger partial charge in [-0.25, -0.2) is 4.79 Å². The Bertz CT molecular complexity index is 1120. The molecule has 4 fully saturated rings. The Morgan fingerprint density at radius 1 is 0.804 bits per heavy atom. The summed E-state index contributed by atoms with van der Waals surface area (Å²) < 4.78 is 41.4.